The van der Waals surface area contributed by atoms with Gasteiger partial charge in [0.1, 0.15) is 19.8 Å². The van der Waals surface area contributed by atoms with E-state index < -0.39 is 27.4 Å². The molecule has 10 nitrogen and oxygen atoms in total. The Morgan fingerprint density at radius 2 is 1.89 bits per heavy atom. The number of carbonyl (C=O) groups excluding carboxylic acids is 1. The van der Waals surface area contributed by atoms with Crippen LogP contribution in [-0.2, 0) is 14.8 Å². The van der Waals surface area contributed by atoms with Crippen LogP contribution in [0.15, 0.2) is 42.5 Å². The van der Waals surface area contributed by atoms with Crippen LogP contribution in [0.25, 0.3) is 0 Å². The summed E-state index contributed by atoms with van der Waals surface area (Å²) in [6, 6.07) is 9.93. The van der Waals surface area contributed by atoms with Gasteiger partial charge in [0.15, 0.2) is 11.5 Å². The lowest BCUT2D eigenvalue weighted by atomic mass is 10.2. The smallest absolute Gasteiger partial charge is 0.271 e. The first kappa shape index (κ1) is 19.4. The monoisotopic (exact) mass is 407 g/mol. The number of nitrogens with zero attached hydrogens (tertiary/aromatic N) is 2. The van der Waals surface area contributed by atoms with Gasteiger partial charge in [-0.15, -0.1) is 0 Å². The van der Waals surface area contributed by atoms with Crippen molar-refractivity contribution in [3.8, 4) is 11.5 Å². The van der Waals surface area contributed by atoms with E-state index in [-0.39, 0.29) is 17.1 Å². The predicted octanol–water partition coefficient (Wildman–Crippen LogP) is 1.77. The molecule has 0 aliphatic carbocycles. The summed E-state index contributed by atoms with van der Waals surface area (Å²) in [7, 11) is -3.79. The van der Waals surface area contributed by atoms with Gasteiger partial charge >= 0.3 is 0 Å². The van der Waals surface area contributed by atoms with Gasteiger partial charge in [0.2, 0.25) is 15.9 Å². The number of rotatable bonds is 6. The molecule has 11 heteroatoms. The van der Waals surface area contributed by atoms with Crippen molar-refractivity contribution >= 4 is 33.0 Å². The number of fused-ring (bicyclic) bond motifs is 1. The van der Waals surface area contributed by atoms with Gasteiger partial charge in [0.05, 0.1) is 16.9 Å². The highest BCUT2D eigenvalue weighted by molar-refractivity contribution is 7.92. The molecule has 0 radical (unpaired) electrons. The van der Waals surface area contributed by atoms with Gasteiger partial charge in [-0.1, -0.05) is 6.07 Å². The fourth-order valence-corrected chi connectivity index (χ4v) is 3.46. The molecule has 0 saturated carbocycles. The van der Waals surface area contributed by atoms with Crippen molar-refractivity contribution in [3.05, 3.63) is 52.6 Å². The highest BCUT2D eigenvalue weighted by atomic mass is 32.2. The highest BCUT2D eigenvalue weighted by Gasteiger charge is 2.23. The molecular weight excluding hydrogens is 390 g/mol. The first-order valence-electron chi connectivity index (χ1n) is 8.16. The average molecular weight is 407 g/mol. The molecule has 1 aliphatic heterocycles. The maximum atomic E-state index is 12.4. The highest BCUT2D eigenvalue weighted by Crippen LogP contribution is 2.34. The zero-order chi connectivity index (χ0) is 20.3. The zero-order valence-electron chi connectivity index (χ0n) is 14.8. The van der Waals surface area contributed by atoms with Crippen LogP contribution in [0.2, 0.25) is 0 Å². The Hall–Kier alpha value is -3.34. The van der Waals surface area contributed by atoms with Crippen LogP contribution in [-0.4, -0.2) is 45.3 Å². The van der Waals surface area contributed by atoms with Crippen molar-refractivity contribution in [2.45, 2.75) is 0 Å². The minimum absolute atomic E-state index is 0.190. The van der Waals surface area contributed by atoms with Crippen LogP contribution in [0, 0.1) is 10.1 Å². The van der Waals surface area contributed by atoms with E-state index in [9.17, 15) is 23.3 Å². The average Bonchev–Trinajstić information content (AvgIpc) is 2.65. The second-order valence-corrected chi connectivity index (χ2v) is 7.86. The minimum Gasteiger partial charge on any atom is -0.486 e. The molecule has 1 amide bonds. The Labute approximate surface area is 160 Å². The molecule has 0 spiro atoms. The molecule has 3 rings (SSSR count). The van der Waals surface area contributed by atoms with Crippen LogP contribution in [0.1, 0.15) is 0 Å². The molecule has 0 aromatic heterocycles. The van der Waals surface area contributed by atoms with Gasteiger partial charge < -0.3 is 14.8 Å². The van der Waals surface area contributed by atoms with E-state index in [0.717, 1.165) is 10.6 Å². The van der Waals surface area contributed by atoms with Gasteiger partial charge in [-0.25, -0.2) is 8.42 Å². The number of amides is 1. The molecule has 0 unspecified atom stereocenters. The fourth-order valence-electron chi connectivity index (χ4n) is 2.62. The van der Waals surface area contributed by atoms with Crippen LogP contribution >= 0.6 is 0 Å². The lowest BCUT2D eigenvalue weighted by molar-refractivity contribution is -0.384. The Kier molecular flexibility index (Phi) is 5.36. The number of nitrogens with one attached hydrogen (secondary N) is 1. The molecule has 1 N–H and O–H groups in total. The molecule has 28 heavy (non-hydrogen) atoms. The van der Waals surface area contributed by atoms with Gasteiger partial charge in [-0.2, -0.15) is 0 Å². The number of anilines is 2. The Bertz CT molecular complexity index is 1020. The van der Waals surface area contributed by atoms with Gasteiger partial charge in [0.25, 0.3) is 5.69 Å². The maximum absolute atomic E-state index is 12.4. The second-order valence-electron chi connectivity index (χ2n) is 5.95. The summed E-state index contributed by atoms with van der Waals surface area (Å²) >= 11 is 0. The molecule has 0 saturated heterocycles. The SMILES string of the molecule is CS(=O)(=O)N(CC(=O)Nc1cccc([N+](=O)[O-])c1)c1ccc2c(c1)OCCO2. The summed E-state index contributed by atoms with van der Waals surface area (Å²) in [6.07, 6.45) is 0.977. The predicted molar refractivity (Wildman–Crippen MR) is 101 cm³/mol. The van der Waals surface area contributed by atoms with E-state index in [0.29, 0.717) is 24.7 Å². The summed E-state index contributed by atoms with van der Waals surface area (Å²) in [6.45, 7) is 0.220. The minimum atomic E-state index is -3.79. The third-order valence-corrected chi connectivity index (χ3v) is 4.98. The van der Waals surface area contributed by atoms with Crippen LogP contribution < -0.4 is 19.1 Å². The Morgan fingerprint density at radius 3 is 2.57 bits per heavy atom. The van der Waals surface area contributed by atoms with Crippen molar-refractivity contribution in [2.24, 2.45) is 0 Å². The second kappa shape index (κ2) is 7.72. The summed E-state index contributed by atoms with van der Waals surface area (Å²) < 4.78 is 36.2. The Balaban J connectivity index is 1.81. The van der Waals surface area contributed by atoms with Crippen molar-refractivity contribution < 1.29 is 27.6 Å². The van der Waals surface area contributed by atoms with E-state index in [4.69, 9.17) is 9.47 Å². The topological polar surface area (TPSA) is 128 Å². The van der Waals surface area contributed by atoms with E-state index in [1.807, 2.05) is 0 Å². The summed E-state index contributed by atoms with van der Waals surface area (Å²) in [4.78, 5) is 22.6. The lowest BCUT2D eigenvalue weighted by Crippen LogP contribution is -2.37. The summed E-state index contributed by atoms with van der Waals surface area (Å²) in [5, 5.41) is 13.3. The largest absolute Gasteiger partial charge is 0.486 e. The number of hydrogen-bond donors (Lipinski definition) is 1. The lowest BCUT2D eigenvalue weighted by Gasteiger charge is -2.24. The molecule has 0 atom stereocenters. The number of carbonyl (C=O) groups is 1. The molecule has 148 valence electrons. The zero-order valence-corrected chi connectivity index (χ0v) is 15.6. The van der Waals surface area contributed by atoms with Crippen LogP contribution in [0.4, 0.5) is 17.1 Å². The number of benzene rings is 2. The molecule has 1 aliphatic rings. The number of sulfonamides is 1. The van der Waals surface area contributed by atoms with Gasteiger partial charge in [-0.05, 0) is 18.2 Å². The first-order chi connectivity index (χ1) is 13.2. The van der Waals surface area contributed by atoms with Crippen molar-refractivity contribution in [2.75, 3.05) is 35.6 Å². The third kappa shape index (κ3) is 4.49. The normalized spacial score (nSPS) is 12.9. The Morgan fingerprint density at radius 1 is 1.18 bits per heavy atom. The van der Waals surface area contributed by atoms with Gasteiger partial charge in [-0.3, -0.25) is 19.2 Å². The third-order valence-electron chi connectivity index (χ3n) is 3.84. The molecular formula is C17H17N3O7S. The summed E-state index contributed by atoms with van der Waals surface area (Å²) in [5.74, 6) is 0.224. The van der Waals surface area contributed by atoms with Crippen LogP contribution in [0.3, 0.4) is 0 Å². The molecule has 2 aromatic carbocycles. The van der Waals surface area contributed by atoms with E-state index in [1.54, 1.807) is 6.07 Å². The van der Waals surface area contributed by atoms with Crippen molar-refractivity contribution in [1.82, 2.24) is 0 Å². The molecule has 1 heterocycles. The number of ether oxygens (including phenoxy) is 2. The standard InChI is InChI=1S/C17H17N3O7S/c1-28(24,25)19(13-5-6-15-16(10-13)27-8-7-26-15)11-17(21)18-12-3-2-4-14(9-12)20(22)23/h2-6,9-10H,7-8,11H2,1H3,(H,18,21). The van der Waals surface area contributed by atoms with E-state index in [1.165, 1.54) is 36.4 Å². The van der Waals surface area contributed by atoms with E-state index in [2.05, 4.69) is 5.32 Å². The molecule has 0 bridgehead atoms. The van der Waals surface area contributed by atoms with Crippen LogP contribution in [0.5, 0.6) is 11.5 Å². The van der Waals surface area contributed by atoms with Gasteiger partial charge in [0, 0.05) is 23.9 Å². The van der Waals surface area contributed by atoms with E-state index >= 15 is 0 Å². The fraction of sp³-hybridized carbons (Fsp3) is 0.235. The number of nitro groups is 1. The number of non-ortho nitro benzene ring substituents is 1. The number of nitro benzene ring substituents is 1. The maximum Gasteiger partial charge on any atom is 0.271 e. The summed E-state index contributed by atoms with van der Waals surface area (Å²) in [5.41, 5.74) is 0.236. The first-order valence-corrected chi connectivity index (χ1v) is 10.0. The molecule has 0 fully saturated rings. The van der Waals surface area contributed by atoms with Crippen molar-refractivity contribution in [3.63, 3.8) is 0 Å². The van der Waals surface area contributed by atoms with Crippen molar-refractivity contribution in [1.29, 1.82) is 0 Å². The number of hydrogen-bond acceptors (Lipinski definition) is 7. The molecule has 2 aromatic rings. The quantitative estimate of drug-likeness (QED) is 0.571.